The average Bonchev–Trinajstić information content (AvgIpc) is 2.80. The van der Waals surface area contributed by atoms with Crippen LogP contribution in [-0.2, 0) is 9.53 Å². The zero-order valence-corrected chi connectivity index (χ0v) is 9.84. The second-order valence-electron chi connectivity index (χ2n) is 3.71. The third-order valence-electron chi connectivity index (χ3n) is 2.53. The van der Waals surface area contributed by atoms with E-state index in [2.05, 4.69) is 14.7 Å². The molecule has 0 atom stereocenters. The molecule has 0 aromatic carbocycles. The fraction of sp³-hybridized carbons (Fsp3) is 0.154. The monoisotopic (exact) mass is 244 g/mol. The van der Waals surface area contributed by atoms with Crippen molar-refractivity contribution in [2.75, 3.05) is 7.11 Å². The molecule has 2 aromatic rings. The van der Waals surface area contributed by atoms with Gasteiger partial charge in [0.25, 0.3) is 0 Å². The van der Waals surface area contributed by atoms with Gasteiger partial charge in [0.05, 0.1) is 13.5 Å². The molecule has 0 radical (unpaired) electrons. The Morgan fingerprint density at radius 1 is 1.56 bits per heavy atom. The lowest BCUT2D eigenvalue weighted by Gasteiger charge is -1.95. The highest BCUT2D eigenvalue weighted by Crippen LogP contribution is 2.16. The fourth-order valence-corrected chi connectivity index (χ4v) is 1.60. The summed E-state index contributed by atoms with van der Waals surface area (Å²) in [6.07, 6.45) is 7.74. The van der Waals surface area contributed by atoms with Crippen LogP contribution in [0.4, 0.5) is 0 Å². The van der Waals surface area contributed by atoms with Gasteiger partial charge < -0.3 is 9.72 Å². The van der Waals surface area contributed by atoms with E-state index in [0.717, 1.165) is 17.2 Å². The molecule has 0 aliphatic rings. The summed E-state index contributed by atoms with van der Waals surface area (Å²) in [6.45, 7) is 0. The molecule has 0 bridgehead atoms. The van der Waals surface area contributed by atoms with Crippen LogP contribution >= 0.6 is 0 Å². The second-order valence-corrected chi connectivity index (χ2v) is 3.71. The number of nitrogens with zero attached hydrogens (tertiary/aromatic N) is 1. The minimum atomic E-state index is -0.296. The van der Waals surface area contributed by atoms with E-state index in [9.17, 15) is 9.59 Å². The van der Waals surface area contributed by atoms with Gasteiger partial charge in [-0.15, -0.1) is 0 Å². The van der Waals surface area contributed by atoms with Crippen LogP contribution in [0, 0.1) is 0 Å². The summed E-state index contributed by atoms with van der Waals surface area (Å²) in [4.78, 5) is 28.8. The number of carbonyl (C=O) groups is 2. The summed E-state index contributed by atoms with van der Waals surface area (Å²) < 4.78 is 4.53. The van der Waals surface area contributed by atoms with E-state index in [4.69, 9.17) is 0 Å². The third kappa shape index (κ3) is 2.45. The van der Waals surface area contributed by atoms with Crippen molar-refractivity contribution in [3.63, 3.8) is 0 Å². The normalized spacial score (nSPS) is 10.9. The first-order chi connectivity index (χ1) is 8.74. The zero-order chi connectivity index (χ0) is 13.0. The van der Waals surface area contributed by atoms with Crippen LogP contribution in [-0.4, -0.2) is 29.3 Å². The third-order valence-corrected chi connectivity index (χ3v) is 2.53. The Kier molecular flexibility index (Phi) is 3.52. The van der Waals surface area contributed by atoms with Gasteiger partial charge in [0, 0.05) is 23.3 Å². The van der Waals surface area contributed by atoms with Gasteiger partial charge in [-0.05, 0) is 11.6 Å². The van der Waals surface area contributed by atoms with E-state index >= 15 is 0 Å². The Labute approximate surface area is 103 Å². The highest BCUT2D eigenvalue weighted by Gasteiger charge is 2.03. The van der Waals surface area contributed by atoms with Gasteiger partial charge in [-0.3, -0.25) is 9.59 Å². The Morgan fingerprint density at radius 3 is 3.11 bits per heavy atom. The van der Waals surface area contributed by atoms with Crippen molar-refractivity contribution in [3.05, 3.63) is 35.7 Å². The number of methoxy groups -OCH3 is 1. The van der Waals surface area contributed by atoms with Crippen molar-refractivity contribution in [2.45, 2.75) is 6.42 Å². The molecule has 0 saturated heterocycles. The molecule has 0 saturated carbocycles. The maximum absolute atomic E-state index is 10.9. The van der Waals surface area contributed by atoms with Crippen LogP contribution in [0.25, 0.3) is 17.1 Å². The number of hydrogen-bond acceptors (Lipinski definition) is 4. The summed E-state index contributed by atoms with van der Waals surface area (Å²) in [7, 11) is 1.35. The Morgan fingerprint density at radius 2 is 2.39 bits per heavy atom. The molecule has 5 nitrogen and oxygen atoms in total. The number of nitrogens with one attached hydrogen (secondary N) is 1. The quantitative estimate of drug-likeness (QED) is 0.659. The van der Waals surface area contributed by atoms with Gasteiger partial charge in [-0.2, -0.15) is 0 Å². The van der Waals surface area contributed by atoms with E-state index in [-0.39, 0.29) is 12.4 Å². The van der Waals surface area contributed by atoms with Crippen LogP contribution in [0.2, 0.25) is 0 Å². The standard InChI is InChI=1S/C13H12N2O3/c1-18-12(17)4-2-3-9-5-11-10(8-16)7-15-13(11)14-6-9/h2-3,5-8H,4H2,1H3,(H,14,15). The second kappa shape index (κ2) is 5.27. The van der Waals surface area contributed by atoms with Crippen molar-refractivity contribution in [2.24, 2.45) is 0 Å². The molecule has 0 spiro atoms. The molecule has 92 valence electrons. The molecule has 0 amide bonds. The van der Waals surface area contributed by atoms with Crippen LogP contribution in [0.1, 0.15) is 22.3 Å². The number of aromatic nitrogens is 2. The predicted molar refractivity (Wildman–Crippen MR) is 67.1 cm³/mol. The van der Waals surface area contributed by atoms with Crippen molar-refractivity contribution >= 4 is 29.4 Å². The predicted octanol–water partition coefficient (Wildman–Crippen LogP) is 1.95. The molecule has 0 unspecified atom stereocenters. The lowest BCUT2D eigenvalue weighted by atomic mass is 10.1. The van der Waals surface area contributed by atoms with E-state index in [0.29, 0.717) is 11.2 Å². The summed E-state index contributed by atoms with van der Waals surface area (Å²) in [5.74, 6) is -0.296. The van der Waals surface area contributed by atoms with Gasteiger partial charge in [0.15, 0.2) is 6.29 Å². The summed E-state index contributed by atoms with van der Waals surface area (Å²) in [6, 6.07) is 1.84. The van der Waals surface area contributed by atoms with Gasteiger partial charge >= 0.3 is 5.97 Å². The summed E-state index contributed by atoms with van der Waals surface area (Å²) in [5.41, 5.74) is 2.07. The maximum atomic E-state index is 10.9. The fourth-order valence-electron chi connectivity index (χ4n) is 1.60. The Balaban J connectivity index is 2.23. The number of ether oxygens (including phenoxy) is 1. The highest BCUT2D eigenvalue weighted by atomic mass is 16.5. The highest BCUT2D eigenvalue weighted by molar-refractivity contribution is 5.96. The number of pyridine rings is 1. The van der Waals surface area contributed by atoms with Gasteiger partial charge in [-0.1, -0.05) is 12.2 Å². The van der Waals surface area contributed by atoms with E-state index in [1.54, 1.807) is 24.5 Å². The lowest BCUT2D eigenvalue weighted by Crippen LogP contribution is -1.96. The van der Waals surface area contributed by atoms with Crippen molar-refractivity contribution in [1.82, 2.24) is 9.97 Å². The number of hydrogen-bond donors (Lipinski definition) is 1. The molecule has 0 fully saturated rings. The molecule has 2 heterocycles. The van der Waals surface area contributed by atoms with Crippen molar-refractivity contribution in [3.8, 4) is 0 Å². The first-order valence-electron chi connectivity index (χ1n) is 5.40. The Bertz CT molecular complexity index is 614. The molecular formula is C13H12N2O3. The molecule has 2 rings (SSSR count). The largest absolute Gasteiger partial charge is 0.469 e. The number of esters is 1. The zero-order valence-electron chi connectivity index (χ0n) is 9.84. The lowest BCUT2D eigenvalue weighted by molar-refractivity contribution is -0.139. The molecular weight excluding hydrogens is 232 g/mol. The number of carbonyl (C=O) groups excluding carboxylic acids is 2. The first kappa shape index (κ1) is 12.0. The number of H-pyrrole nitrogens is 1. The van der Waals surface area contributed by atoms with Crippen molar-refractivity contribution < 1.29 is 14.3 Å². The van der Waals surface area contributed by atoms with Gasteiger partial charge in [-0.25, -0.2) is 4.98 Å². The van der Waals surface area contributed by atoms with Crippen LogP contribution < -0.4 is 0 Å². The molecule has 5 heteroatoms. The van der Waals surface area contributed by atoms with Crippen LogP contribution in [0.15, 0.2) is 24.5 Å². The molecule has 18 heavy (non-hydrogen) atoms. The molecule has 2 aromatic heterocycles. The minimum Gasteiger partial charge on any atom is -0.469 e. The average molecular weight is 244 g/mol. The number of aromatic amines is 1. The number of fused-ring (bicyclic) bond motifs is 1. The SMILES string of the molecule is COC(=O)CC=Cc1cnc2[nH]cc(C=O)c2c1. The van der Waals surface area contributed by atoms with Gasteiger partial charge in [0.1, 0.15) is 5.65 Å². The van der Waals surface area contributed by atoms with E-state index in [1.807, 2.05) is 6.07 Å². The van der Waals surface area contributed by atoms with Crippen LogP contribution in [0.3, 0.4) is 0 Å². The van der Waals surface area contributed by atoms with Crippen molar-refractivity contribution in [1.29, 1.82) is 0 Å². The molecule has 0 aliphatic carbocycles. The molecule has 0 aliphatic heterocycles. The van der Waals surface area contributed by atoms with E-state index in [1.165, 1.54) is 7.11 Å². The first-order valence-corrected chi connectivity index (χ1v) is 5.40. The maximum Gasteiger partial charge on any atom is 0.309 e. The number of rotatable bonds is 4. The minimum absolute atomic E-state index is 0.211. The van der Waals surface area contributed by atoms with E-state index < -0.39 is 0 Å². The van der Waals surface area contributed by atoms with Gasteiger partial charge in [0.2, 0.25) is 0 Å². The summed E-state index contributed by atoms with van der Waals surface area (Å²) in [5, 5.41) is 0.769. The topological polar surface area (TPSA) is 72.0 Å². The number of aldehydes is 1. The smallest absolute Gasteiger partial charge is 0.309 e. The summed E-state index contributed by atoms with van der Waals surface area (Å²) >= 11 is 0. The van der Waals surface area contributed by atoms with Crippen LogP contribution in [0.5, 0.6) is 0 Å². The molecule has 1 N–H and O–H groups in total. The Hall–Kier alpha value is -2.43.